The molecule has 190 valence electrons. The first kappa shape index (κ1) is 26.0. The number of hydrogen-bond donors (Lipinski definition) is 0. The maximum absolute atomic E-state index is 13.1. The third-order valence-electron chi connectivity index (χ3n) is 5.88. The van der Waals surface area contributed by atoms with Crippen LogP contribution in [0, 0.1) is 0 Å². The number of thioether (sulfide) groups is 1. The van der Waals surface area contributed by atoms with Crippen LogP contribution >= 0.6 is 39.3 Å². The minimum atomic E-state index is -0.531. The van der Waals surface area contributed by atoms with Gasteiger partial charge in [0.05, 0.1) is 28.6 Å². The molecule has 1 aliphatic rings. The van der Waals surface area contributed by atoms with Crippen LogP contribution in [-0.4, -0.2) is 29.1 Å². The number of rotatable bonds is 6. The van der Waals surface area contributed by atoms with E-state index >= 15 is 0 Å². The van der Waals surface area contributed by atoms with Gasteiger partial charge in [0.1, 0.15) is 0 Å². The van der Waals surface area contributed by atoms with Gasteiger partial charge in [0.25, 0.3) is 11.1 Å². The first-order valence-electron chi connectivity index (χ1n) is 11.4. The molecule has 9 heteroatoms. The SMILES string of the molecule is COc1cc(/C=C2\SC(=O)N(Cc3ccc(Cl)cc3)C2=O)cc(Br)c1OC(=O)c1cccc2ccccc12. The van der Waals surface area contributed by atoms with Crippen molar-refractivity contribution in [3.63, 3.8) is 0 Å². The average Bonchev–Trinajstić information content (AvgIpc) is 3.17. The molecule has 4 aromatic carbocycles. The van der Waals surface area contributed by atoms with Crippen LogP contribution in [0.2, 0.25) is 5.02 Å². The smallest absolute Gasteiger partial charge is 0.344 e. The number of fused-ring (bicyclic) bond motifs is 1. The number of hydrogen-bond acceptors (Lipinski definition) is 6. The molecule has 0 N–H and O–H groups in total. The molecular formula is C29H19BrClNO5S. The largest absolute Gasteiger partial charge is 0.493 e. The van der Waals surface area contributed by atoms with E-state index in [4.69, 9.17) is 21.1 Å². The molecule has 38 heavy (non-hydrogen) atoms. The summed E-state index contributed by atoms with van der Waals surface area (Å²) in [6.07, 6.45) is 1.61. The van der Waals surface area contributed by atoms with Crippen molar-refractivity contribution in [1.29, 1.82) is 0 Å². The highest BCUT2D eigenvalue weighted by molar-refractivity contribution is 9.10. The maximum Gasteiger partial charge on any atom is 0.344 e. The quantitative estimate of drug-likeness (QED) is 0.127. The van der Waals surface area contributed by atoms with Crippen molar-refractivity contribution >= 4 is 73.3 Å². The zero-order valence-corrected chi connectivity index (χ0v) is 23.1. The van der Waals surface area contributed by atoms with Gasteiger partial charge < -0.3 is 9.47 Å². The second-order valence-corrected chi connectivity index (χ2v) is 10.6. The second-order valence-electron chi connectivity index (χ2n) is 8.34. The molecule has 0 radical (unpaired) electrons. The molecule has 0 atom stereocenters. The van der Waals surface area contributed by atoms with Crippen molar-refractivity contribution in [2.75, 3.05) is 7.11 Å². The highest BCUT2D eigenvalue weighted by Crippen LogP contribution is 2.40. The summed E-state index contributed by atoms with van der Waals surface area (Å²) in [4.78, 5) is 40.1. The van der Waals surface area contributed by atoms with Gasteiger partial charge in [-0.25, -0.2) is 4.79 Å². The molecule has 4 aromatic rings. The predicted octanol–water partition coefficient (Wildman–Crippen LogP) is 7.72. The van der Waals surface area contributed by atoms with Crippen LogP contribution in [0.5, 0.6) is 11.5 Å². The maximum atomic E-state index is 13.1. The Labute approximate surface area is 236 Å². The van der Waals surface area contributed by atoms with E-state index in [1.54, 1.807) is 54.6 Å². The molecule has 0 saturated carbocycles. The van der Waals surface area contributed by atoms with Crippen molar-refractivity contribution < 1.29 is 23.9 Å². The average molecular weight is 609 g/mol. The Morgan fingerprint density at radius 2 is 1.76 bits per heavy atom. The summed E-state index contributed by atoms with van der Waals surface area (Å²) < 4.78 is 11.7. The molecule has 1 saturated heterocycles. The highest BCUT2D eigenvalue weighted by atomic mass is 79.9. The van der Waals surface area contributed by atoms with Crippen LogP contribution in [0.25, 0.3) is 16.8 Å². The summed E-state index contributed by atoms with van der Waals surface area (Å²) in [5, 5.41) is 1.92. The molecule has 0 aliphatic carbocycles. The van der Waals surface area contributed by atoms with Crippen LogP contribution < -0.4 is 9.47 Å². The van der Waals surface area contributed by atoms with Crippen molar-refractivity contribution in [3.8, 4) is 11.5 Å². The molecule has 0 unspecified atom stereocenters. The standard InChI is InChI=1S/C29H19BrClNO5S/c1-36-24-14-18(15-25-27(33)32(29(35)38-25)16-17-9-11-20(31)12-10-17)13-23(30)26(24)37-28(34)22-8-4-6-19-5-2-3-7-21(19)22/h2-15H,16H2,1H3/b25-15-. The third-order valence-corrected chi connectivity index (χ3v) is 7.63. The molecule has 0 bridgehead atoms. The number of nitrogens with zero attached hydrogens (tertiary/aromatic N) is 1. The number of methoxy groups -OCH3 is 1. The Kier molecular flexibility index (Phi) is 7.56. The van der Waals surface area contributed by atoms with E-state index in [2.05, 4.69) is 15.9 Å². The summed E-state index contributed by atoms with van der Waals surface area (Å²) in [7, 11) is 1.46. The van der Waals surface area contributed by atoms with E-state index < -0.39 is 11.9 Å². The summed E-state index contributed by atoms with van der Waals surface area (Å²) in [6.45, 7) is 0.148. The van der Waals surface area contributed by atoms with Gasteiger partial charge in [-0.05, 0) is 86.0 Å². The van der Waals surface area contributed by atoms with Crippen LogP contribution in [0.3, 0.4) is 0 Å². The van der Waals surface area contributed by atoms with Crippen molar-refractivity contribution in [1.82, 2.24) is 4.90 Å². The molecule has 5 rings (SSSR count). The Balaban J connectivity index is 1.39. The van der Waals surface area contributed by atoms with Gasteiger partial charge in [0.15, 0.2) is 11.5 Å². The lowest BCUT2D eigenvalue weighted by Crippen LogP contribution is -2.27. The summed E-state index contributed by atoms with van der Waals surface area (Å²) in [5.41, 5.74) is 1.81. The Morgan fingerprint density at radius 3 is 2.53 bits per heavy atom. The van der Waals surface area contributed by atoms with E-state index in [1.807, 2.05) is 30.3 Å². The summed E-state index contributed by atoms with van der Waals surface area (Å²) in [6, 6.07) is 23.3. The number of carbonyl (C=O) groups is 3. The van der Waals surface area contributed by atoms with Gasteiger partial charge in [-0.2, -0.15) is 0 Å². The van der Waals surface area contributed by atoms with E-state index in [1.165, 1.54) is 12.0 Å². The fourth-order valence-electron chi connectivity index (χ4n) is 4.03. The lowest BCUT2D eigenvalue weighted by atomic mass is 10.0. The highest BCUT2D eigenvalue weighted by Gasteiger charge is 2.35. The van der Waals surface area contributed by atoms with Gasteiger partial charge in [0.2, 0.25) is 0 Å². The van der Waals surface area contributed by atoms with Crippen LogP contribution in [-0.2, 0) is 11.3 Å². The molecule has 0 spiro atoms. The minimum Gasteiger partial charge on any atom is -0.493 e. The van der Waals surface area contributed by atoms with Gasteiger partial charge in [0, 0.05) is 5.02 Å². The van der Waals surface area contributed by atoms with E-state index in [9.17, 15) is 14.4 Å². The zero-order chi connectivity index (χ0) is 26.8. The van der Waals surface area contributed by atoms with Crippen LogP contribution in [0.1, 0.15) is 21.5 Å². The number of benzene rings is 4. The van der Waals surface area contributed by atoms with Gasteiger partial charge in [-0.1, -0.05) is 60.1 Å². The zero-order valence-electron chi connectivity index (χ0n) is 19.9. The number of carbonyl (C=O) groups excluding carboxylic acids is 3. The first-order valence-corrected chi connectivity index (χ1v) is 13.4. The lowest BCUT2D eigenvalue weighted by Gasteiger charge is -2.13. The topological polar surface area (TPSA) is 72.9 Å². The third kappa shape index (κ3) is 5.34. The monoisotopic (exact) mass is 607 g/mol. The number of amides is 2. The van der Waals surface area contributed by atoms with Crippen LogP contribution in [0.15, 0.2) is 88.2 Å². The van der Waals surface area contributed by atoms with Crippen molar-refractivity contribution in [2.45, 2.75) is 6.54 Å². The number of ether oxygens (including phenoxy) is 2. The second kappa shape index (κ2) is 11.0. The lowest BCUT2D eigenvalue weighted by molar-refractivity contribution is -0.123. The Hall–Kier alpha value is -3.59. The van der Waals surface area contributed by atoms with E-state index in [0.29, 0.717) is 26.4 Å². The minimum absolute atomic E-state index is 0.148. The molecule has 6 nitrogen and oxygen atoms in total. The Bertz CT molecular complexity index is 1610. The van der Waals surface area contributed by atoms with Gasteiger partial charge in [-0.15, -0.1) is 0 Å². The molecule has 1 heterocycles. The molecular weight excluding hydrogens is 590 g/mol. The number of esters is 1. The predicted molar refractivity (Wildman–Crippen MR) is 153 cm³/mol. The van der Waals surface area contributed by atoms with E-state index in [0.717, 1.165) is 28.1 Å². The summed E-state index contributed by atoms with van der Waals surface area (Å²) in [5.74, 6) is -0.425. The van der Waals surface area contributed by atoms with Crippen LogP contribution in [0.4, 0.5) is 4.79 Å². The fraction of sp³-hybridized carbons (Fsp3) is 0.0690. The Morgan fingerprint density at radius 1 is 1.03 bits per heavy atom. The van der Waals surface area contributed by atoms with Crippen molar-refractivity contribution in [2.24, 2.45) is 0 Å². The van der Waals surface area contributed by atoms with Crippen molar-refractivity contribution in [3.05, 3.63) is 110 Å². The van der Waals surface area contributed by atoms with E-state index in [-0.39, 0.29) is 22.4 Å². The first-order chi connectivity index (χ1) is 18.3. The van der Waals surface area contributed by atoms with Gasteiger partial charge in [-0.3, -0.25) is 14.5 Å². The fourth-order valence-corrected chi connectivity index (χ4v) is 5.54. The molecule has 2 amide bonds. The number of imide groups is 1. The molecule has 0 aromatic heterocycles. The number of halogens is 2. The molecule has 1 aliphatic heterocycles. The molecule has 1 fully saturated rings. The normalized spacial score (nSPS) is 14.4. The van der Waals surface area contributed by atoms with Gasteiger partial charge >= 0.3 is 5.97 Å². The summed E-state index contributed by atoms with van der Waals surface area (Å²) >= 11 is 10.3.